The number of hydrogen-bond acceptors (Lipinski definition) is 4. The molecule has 0 N–H and O–H groups in total. The fraction of sp³-hybridized carbons (Fsp3) is 0.435. The molecular formula is C23H28O4. The van der Waals surface area contributed by atoms with Crippen LogP contribution in [0.2, 0.25) is 0 Å². The first-order valence-electron chi connectivity index (χ1n) is 9.25. The predicted octanol–water partition coefficient (Wildman–Crippen LogP) is 5.54. The van der Waals surface area contributed by atoms with Crippen molar-refractivity contribution >= 4 is 5.97 Å². The fourth-order valence-electron chi connectivity index (χ4n) is 3.24. The lowest BCUT2D eigenvalue weighted by Gasteiger charge is -2.29. The molecule has 0 aromatic heterocycles. The van der Waals surface area contributed by atoms with E-state index >= 15 is 0 Å². The molecule has 2 aromatic carbocycles. The molecule has 27 heavy (non-hydrogen) atoms. The van der Waals surface area contributed by atoms with Crippen LogP contribution in [0.25, 0.3) is 0 Å². The molecule has 0 atom stereocenters. The molecule has 1 aliphatic heterocycles. The Morgan fingerprint density at radius 3 is 2.11 bits per heavy atom. The molecule has 0 amide bonds. The minimum Gasteiger partial charge on any atom is -0.454 e. The van der Waals surface area contributed by atoms with E-state index in [4.69, 9.17) is 14.2 Å². The summed E-state index contributed by atoms with van der Waals surface area (Å²) in [6, 6.07) is 9.47. The summed E-state index contributed by atoms with van der Waals surface area (Å²) in [5.74, 6) is 1.23. The Bertz CT molecular complexity index is 847. The van der Waals surface area contributed by atoms with Gasteiger partial charge in [0.1, 0.15) is 11.3 Å². The van der Waals surface area contributed by atoms with Crippen LogP contribution in [0.4, 0.5) is 0 Å². The van der Waals surface area contributed by atoms with Gasteiger partial charge in [-0.05, 0) is 29.9 Å². The van der Waals surface area contributed by atoms with E-state index in [0.29, 0.717) is 22.8 Å². The molecular weight excluding hydrogens is 340 g/mol. The summed E-state index contributed by atoms with van der Waals surface area (Å²) in [6.07, 6.45) is 0. The van der Waals surface area contributed by atoms with Gasteiger partial charge in [-0.1, -0.05) is 65.3 Å². The number of para-hydroxylation sites is 1. The second kappa shape index (κ2) is 6.59. The van der Waals surface area contributed by atoms with E-state index in [-0.39, 0.29) is 17.6 Å². The number of carbonyl (C=O) groups is 1. The number of hydrogen-bond donors (Lipinski definition) is 0. The van der Waals surface area contributed by atoms with Crippen LogP contribution < -0.4 is 14.2 Å². The normalized spacial score (nSPS) is 13.6. The molecule has 0 saturated heterocycles. The van der Waals surface area contributed by atoms with E-state index in [9.17, 15) is 4.79 Å². The van der Waals surface area contributed by atoms with Crippen molar-refractivity contribution < 1.29 is 19.0 Å². The fourth-order valence-corrected chi connectivity index (χ4v) is 3.24. The maximum absolute atomic E-state index is 13.1. The third-order valence-corrected chi connectivity index (χ3v) is 4.66. The van der Waals surface area contributed by atoms with Gasteiger partial charge in [-0.15, -0.1) is 0 Å². The lowest BCUT2D eigenvalue weighted by molar-refractivity contribution is 0.0724. The van der Waals surface area contributed by atoms with Gasteiger partial charge >= 0.3 is 5.97 Å². The monoisotopic (exact) mass is 368 g/mol. The van der Waals surface area contributed by atoms with Gasteiger partial charge in [-0.2, -0.15) is 0 Å². The molecule has 3 rings (SSSR count). The molecule has 1 aliphatic rings. The smallest absolute Gasteiger partial charge is 0.347 e. The van der Waals surface area contributed by atoms with Crippen LogP contribution in [-0.4, -0.2) is 12.8 Å². The van der Waals surface area contributed by atoms with Crippen LogP contribution >= 0.6 is 0 Å². The predicted molar refractivity (Wildman–Crippen MR) is 106 cm³/mol. The second-order valence-electron chi connectivity index (χ2n) is 9.12. The zero-order valence-electron chi connectivity index (χ0n) is 17.2. The molecule has 0 spiro atoms. The summed E-state index contributed by atoms with van der Waals surface area (Å²) in [5.41, 5.74) is 3.24. The minimum atomic E-state index is -0.433. The van der Waals surface area contributed by atoms with Gasteiger partial charge in [0.25, 0.3) is 0 Å². The lowest BCUT2D eigenvalue weighted by Crippen LogP contribution is -2.22. The zero-order chi connectivity index (χ0) is 20.0. The van der Waals surface area contributed by atoms with Crippen molar-refractivity contribution in [1.29, 1.82) is 0 Å². The van der Waals surface area contributed by atoms with Crippen molar-refractivity contribution in [2.24, 2.45) is 0 Å². The average molecular weight is 368 g/mol. The molecule has 0 bridgehead atoms. The Hall–Kier alpha value is -2.49. The zero-order valence-corrected chi connectivity index (χ0v) is 17.2. The summed E-state index contributed by atoms with van der Waals surface area (Å²) in [6.45, 7) is 15.0. The van der Waals surface area contributed by atoms with Gasteiger partial charge in [0.05, 0.1) is 0 Å². The summed E-state index contributed by atoms with van der Waals surface area (Å²) < 4.78 is 16.9. The molecule has 144 valence electrons. The highest BCUT2D eigenvalue weighted by atomic mass is 16.7. The maximum Gasteiger partial charge on any atom is 0.347 e. The first-order chi connectivity index (χ1) is 12.5. The van der Waals surface area contributed by atoms with Crippen molar-refractivity contribution in [3.05, 3.63) is 52.6 Å². The quantitative estimate of drug-likeness (QED) is 0.516. The topological polar surface area (TPSA) is 44.8 Å². The minimum absolute atomic E-state index is 0.116. The number of benzene rings is 2. The third kappa shape index (κ3) is 3.80. The molecule has 0 unspecified atom stereocenters. The van der Waals surface area contributed by atoms with Crippen LogP contribution in [-0.2, 0) is 10.8 Å². The first-order valence-corrected chi connectivity index (χ1v) is 9.25. The van der Waals surface area contributed by atoms with Gasteiger partial charge in [0.2, 0.25) is 6.79 Å². The van der Waals surface area contributed by atoms with Gasteiger partial charge in [0, 0.05) is 11.1 Å². The molecule has 0 fully saturated rings. The highest BCUT2D eigenvalue weighted by Crippen LogP contribution is 2.42. The highest BCUT2D eigenvalue weighted by molar-refractivity contribution is 5.95. The molecule has 0 aliphatic carbocycles. The molecule has 0 radical (unpaired) electrons. The Labute approximate surface area is 161 Å². The third-order valence-electron chi connectivity index (χ3n) is 4.66. The van der Waals surface area contributed by atoms with Gasteiger partial charge in [-0.25, -0.2) is 4.79 Å². The molecule has 4 heteroatoms. The summed E-state index contributed by atoms with van der Waals surface area (Å²) in [5, 5.41) is 0. The molecule has 0 saturated carbocycles. The summed E-state index contributed by atoms with van der Waals surface area (Å²) >= 11 is 0. The number of aryl methyl sites for hydroxylation is 1. The van der Waals surface area contributed by atoms with Crippen molar-refractivity contribution in [3.63, 3.8) is 0 Å². The second-order valence-corrected chi connectivity index (χ2v) is 9.12. The Balaban J connectivity index is 2.11. The van der Waals surface area contributed by atoms with Crippen LogP contribution in [0.1, 0.15) is 68.6 Å². The van der Waals surface area contributed by atoms with Crippen molar-refractivity contribution in [3.8, 4) is 17.2 Å². The van der Waals surface area contributed by atoms with E-state index in [1.54, 1.807) is 18.2 Å². The van der Waals surface area contributed by atoms with Gasteiger partial charge in [0.15, 0.2) is 11.5 Å². The van der Waals surface area contributed by atoms with E-state index in [2.05, 4.69) is 60.6 Å². The molecule has 1 heterocycles. The summed E-state index contributed by atoms with van der Waals surface area (Å²) in [4.78, 5) is 13.1. The first kappa shape index (κ1) is 19.3. The largest absolute Gasteiger partial charge is 0.454 e. The molecule has 4 nitrogen and oxygen atoms in total. The van der Waals surface area contributed by atoms with Crippen molar-refractivity contribution in [2.75, 3.05) is 6.79 Å². The van der Waals surface area contributed by atoms with Crippen LogP contribution in [0, 0.1) is 6.92 Å². The Kier molecular flexibility index (Phi) is 4.71. The number of ether oxygens (including phenoxy) is 3. The van der Waals surface area contributed by atoms with Crippen LogP contribution in [0.3, 0.4) is 0 Å². The van der Waals surface area contributed by atoms with Crippen LogP contribution in [0.5, 0.6) is 17.2 Å². The van der Waals surface area contributed by atoms with E-state index in [1.165, 1.54) is 0 Å². The highest BCUT2D eigenvalue weighted by Gasteiger charge is 2.30. The van der Waals surface area contributed by atoms with Crippen molar-refractivity contribution in [2.45, 2.75) is 59.3 Å². The Morgan fingerprint density at radius 2 is 1.56 bits per heavy atom. The van der Waals surface area contributed by atoms with Crippen molar-refractivity contribution in [1.82, 2.24) is 0 Å². The van der Waals surface area contributed by atoms with Gasteiger partial charge in [-0.3, -0.25) is 0 Å². The number of fused-ring (bicyclic) bond motifs is 1. The summed E-state index contributed by atoms with van der Waals surface area (Å²) in [7, 11) is 0. The Morgan fingerprint density at radius 1 is 0.963 bits per heavy atom. The van der Waals surface area contributed by atoms with E-state index < -0.39 is 5.97 Å². The lowest BCUT2D eigenvalue weighted by atomic mass is 9.78. The SMILES string of the molecule is Cc1cc(C(C)(C)C)c(OC(=O)c2cccc3c2OCO3)c(C(C)(C)C)c1. The van der Waals surface area contributed by atoms with E-state index in [1.807, 2.05) is 0 Å². The van der Waals surface area contributed by atoms with Crippen LogP contribution in [0.15, 0.2) is 30.3 Å². The molecule has 2 aromatic rings. The number of rotatable bonds is 2. The van der Waals surface area contributed by atoms with Gasteiger partial charge < -0.3 is 14.2 Å². The number of carbonyl (C=O) groups excluding carboxylic acids is 1. The van der Waals surface area contributed by atoms with E-state index in [0.717, 1.165) is 16.7 Å². The maximum atomic E-state index is 13.1. The number of esters is 1. The standard InChI is InChI=1S/C23H28O4/c1-14-11-16(22(2,3)4)20(17(12-14)23(5,6)7)27-21(24)15-9-8-10-18-19(15)26-13-25-18/h8-12H,13H2,1-7H3. The average Bonchev–Trinajstić information content (AvgIpc) is 3.02.